The van der Waals surface area contributed by atoms with E-state index in [-0.39, 0.29) is 12.5 Å². The van der Waals surface area contributed by atoms with Gasteiger partial charge in [0.15, 0.2) is 0 Å². The summed E-state index contributed by atoms with van der Waals surface area (Å²) in [5.41, 5.74) is 0. The molecule has 1 unspecified atom stereocenters. The van der Waals surface area contributed by atoms with Gasteiger partial charge in [0, 0.05) is 20.6 Å². The topological polar surface area (TPSA) is 69.6 Å². The highest BCUT2D eigenvalue weighted by molar-refractivity contribution is 5.77. The van der Waals surface area contributed by atoms with Crippen molar-refractivity contribution >= 4 is 11.9 Å². The number of hydrogen-bond acceptors (Lipinski definition) is 3. The monoisotopic (exact) mass is 188 g/mol. The van der Waals surface area contributed by atoms with E-state index in [1.54, 1.807) is 21.0 Å². The molecule has 0 aromatic rings. The Morgan fingerprint density at radius 3 is 2.38 bits per heavy atom. The molecule has 1 atom stereocenters. The summed E-state index contributed by atoms with van der Waals surface area (Å²) in [5, 5.41) is 11.3. The van der Waals surface area contributed by atoms with Crippen LogP contribution in [0.2, 0.25) is 0 Å². The molecule has 1 amide bonds. The van der Waals surface area contributed by atoms with Gasteiger partial charge in [-0.25, -0.2) is 0 Å². The van der Waals surface area contributed by atoms with Gasteiger partial charge in [-0.3, -0.25) is 9.59 Å². The number of rotatable bonds is 5. The van der Waals surface area contributed by atoms with E-state index in [0.29, 0.717) is 6.54 Å². The van der Waals surface area contributed by atoms with Crippen molar-refractivity contribution < 1.29 is 14.7 Å². The molecule has 0 aliphatic carbocycles. The first-order valence-corrected chi connectivity index (χ1v) is 4.08. The molecule has 0 saturated heterocycles. The zero-order chi connectivity index (χ0) is 10.4. The summed E-state index contributed by atoms with van der Waals surface area (Å²) in [7, 11) is 3.31. The molecule has 0 heterocycles. The molecular formula is C8H16N2O3. The number of amides is 1. The fraction of sp³-hybridized carbons (Fsp3) is 0.750. The van der Waals surface area contributed by atoms with Gasteiger partial charge >= 0.3 is 5.97 Å². The van der Waals surface area contributed by atoms with Gasteiger partial charge in [0.2, 0.25) is 5.91 Å². The largest absolute Gasteiger partial charge is 0.481 e. The van der Waals surface area contributed by atoms with E-state index in [4.69, 9.17) is 5.11 Å². The number of hydrogen-bond donors (Lipinski definition) is 2. The first-order valence-electron chi connectivity index (χ1n) is 4.08. The quantitative estimate of drug-likeness (QED) is 0.603. The zero-order valence-corrected chi connectivity index (χ0v) is 8.20. The summed E-state index contributed by atoms with van der Waals surface area (Å²) < 4.78 is 0. The molecule has 0 spiro atoms. The molecule has 0 aliphatic rings. The van der Waals surface area contributed by atoms with Gasteiger partial charge in [0.05, 0.1) is 12.5 Å². The van der Waals surface area contributed by atoms with Crippen molar-refractivity contribution in [2.45, 2.75) is 6.92 Å². The van der Waals surface area contributed by atoms with Gasteiger partial charge in [-0.15, -0.1) is 0 Å². The second kappa shape index (κ2) is 5.53. The van der Waals surface area contributed by atoms with Crippen molar-refractivity contribution in [1.82, 2.24) is 10.2 Å². The van der Waals surface area contributed by atoms with Crippen LogP contribution >= 0.6 is 0 Å². The lowest BCUT2D eigenvalue weighted by Crippen LogP contribution is -2.36. The number of nitrogens with zero attached hydrogens (tertiary/aromatic N) is 1. The van der Waals surface area contributed by atoms with Gasteiger partial charge in [-0.1, -0.05) is 6.92 Å². The average Bonchev–Trinajstić information content (AvgIpc) is 2.03. The highest BCUT2D eigenvalue weighted by atomic mass is 16.4. The second-order valence-corrected chi connectivity index (χ2v) is 3.16. The van der Waals surface area contributed by atoms with Crippen LogP contribution in [0.25, 0.3) is 0 Å². The third kappa shape index (κ3) is 5.19. The maximum Gasteiger partial charge on any atom is 0.307 e. The van der Waals surface area contributed by atoms with Crippen molar-refractivity contribution in [2.75, 3.05) is 27.2 Å². The van der Waals surface area contributed by atoms with Crippen LogP contribution in [0.3, 0.4) is 0 Å². The minimum Gasteiger partial charge on any atom is -0.481 e. The molecule has 5 nitrogen and oxygen atoms in total. The van der Waals surface area contributed by atoms with Crippen molar-refractivity contribution in [3.05, 3.63) is 0 Å². The summed E-state index contributed by atoms with van der Waals surface area (Å²) in [6, 6.07) is 0. The normalized spacial score (nSPS) is 12.2. The van der Waals surface area contributed by atoms with E-state index in [1.165, 1.54) is 4.90 Å². The van der Waals surface area contributed by atoms with Gasteiger partial charge in [-0.2, -0.15) is 0 Å². The first kappa shape index (κ1) is 11.9. The number of aliphatic carboxylic acids is 1. The average molecular weight is 188 g/mol. The maximum absolute atomic E-state index is 11.0. The lowest BCUT2D eigenvalue weighted by atomic mass is 10.2. The van der Waals surface area contributed by atoms with E-state index in [1.807, 2.05) is 0 Å². The lowest BCUT2D eigenvalue weighted by molar-refractivity contribution is -0.141. The summed E-state index contributed by atoms with van der Waals surface area (Å²) in [6.07, 6.45) is 0. The Morgan fingerprint density at radius 2 is 2.00 bits per heavy atom. The molecule has 76 valence electrons. The van der Waals surface area contributed by atoms with Crippen LogP contribution in [0.4, 0.5) is 0 Å². The molecule has 0 fully saturated rings. The Morgan fingerprint density at radius 1 is 1.46 bits per heavy atom. The van der Waals surface area contributed by atoms with Crippen LogP contribution in [0, 0.1) is 5.92 Å². The van der Waals surface area contributed by atoms with Crippen molar-refractivity contribution in [3.8, 4) is 0 Å². The summed E-state index contributed by atoms with van der Waals surface area (Å²) in [5.74, 6) is -1.38. The van der Waals surface area contributed by atoms with Gasteiger partial charge in [0.25, 0.3) is 0 Å². The van der Waals surface area contributed by atoms with E-state index in [9.17, 15) is 9.59 Å². The van der Waals surface area contributed by atoms with Gasteiger partial charge < -0.3 is 15.3 Å². The molecule has 0 aromatic heterocycles. The number of carboxylic acid groups (broad SMARTS) is 1. The Bertz CT molecular complexity index is 192. The Balaban J connectivity index is 3.56. The zero-order valence-electron chi connectivity index (χ0n) is 8.20. The van der Waals surface area contributed by atoms with Crippen molar-refractivity contribution in [3.63, 3.8) is 0 Å². The van der Waals surface area contributed by atoms with E-state index >= 15 is 0 Å². The molecule has 0 bridgehead atoms. The molecule has 0 radical (unpaired) electrons. The van der Waals surface area contributed by atoms with Crippen molar-refractivity contribution in [2.24, 2.45) is 5.92 Å². The van der Waals surface area contributed by atoms with Crippen LogP contribution in [-0.4, -0.2) is 49.1 Å². The Labute approximate surface area is 77.7 Å². The molecular weight excluding hydrogens is 172 g/mol. The van der Waals surface area contributed by atoms with E-state index in [0.717, 1.165) is 0 Å². The number of carbonyl (C=O) groups is 2. The number of carboxylic acids is 1. The Hall–Kier alpha value is -1.10. The van der Waals surface area contributed by atoms with Crippen LogP contribution in [0.5, 0.6) is 0 Å². The SMILES string of the molecule is CC(CNCC(=O)N(C)C)C(=O)O. The summed E-state index contributed by atoms with van der Waals surface area (Å²) in [4.78, 5) is 22.8. The molecule has 13 heavy (non-hydrogen) atoms. The standard InChI is InChI=1S/C8H16N2O3/c1-6(8(12)13)4-9-5-7(11)10(2)3/h6,9H,4-5H2,1-3H3,(H,12,13). The number of nitrogens with one attached hydrogen (secondary N) is 1. The smallest absolute Gasteiger partial charge is 0.307 e. The lowest BCUT2D eigenvalue weighted by Gasteiger charge is -2.12. The predicted octanol–water partition coefficient (Wildman–Crippen LogP) is -0.615. The molecule has 0 saturated carbocycles. The van der Waals surface area contributed by atoms with E-state index in [2.05, 4.69) is 5.32 Å². The maximum atomic E-state index is 11.0. The summed E-state index contributed by atoms with van der Waals surface area (Å²) in [6.45, 7) is 2.09. The van der Waals surface area contributed by atoms with Crippen LogP contribution in [0.15, 0.2) is 0 Å². The molecule has 0 rings (SSSR count). The van der Waals surface area contributed by atoms with Crippen molar-refractivity contribution in [1.29, 1.82) is 0 Å². The molecule has 0 aliphatic heterocycles. The molecule has 0 aromatic carbocycles. The number of carbonyl (C=O) groups excluding carboxylic acids is 1. The molecule has 2 N–H and O–H groups in total. The minimum atomic E-state index is -0.857. The summed E-state index contributed by atoms with van der Waals surface area (Å²) >= 11 is 0. The Kier molecular flexibility index (Phi) is 5.06. The first-order chi connectivity index (χ1) is 5.95. The van der Waals surface area contributed by atoms with Crippen LogP contribution in [-0.2, 0) is 9.59 Å². The van der Waals surface area contributed by atoms with Gasteiger partial charge in [-0.05, 0) is 0 Å². The predicted molar refractivity (Wildman–Crippen MR) is 48.4 cm³/mol. The third-order valence-electron chi connectivity index (χ3n) is 1.65. The minimum absolute atomic E-state index is 0.0578. The number of likely N-dealkylation sites (N-methyl/N-ethyl adjacent to an activating group) is 1. The van der Waals surface area contributed by atoms with E-state index < -0.39 is 11.9 Å². The highest BCUT2D eigenvalue weighted by Crippen LogP contribution is 1.90. The van der Waals surface area contributed by atoms with Crippen LogP contribution < -0.4 is 5.32 Å². The third-order valence-corrected chi connectivity index (χ3v) is 1.65. The fourth-order valence-electron chi connectivity index (χ4n) is 0.641. The highest BCUT2D eigenvalue weighted by Gasteiger charge is 2.10. The second-order valence-electron chi connectivity index (χ2n) is 3.16. The fourth-order valence-corrected chi connectivity index (χ4v) is 0.641. The van der Waals surface area contributed by atoms with Crippen LogP contribution in [0.1, 0.15) is 6.92 Å². The van der Waals surface area contributed by atoms with Gasteiger partial charge in [0.1, 0.15) is 0 Å². The molecule has 5 heteroatoms.